The number of nitrogens with zero attached hydrogens (tertiary/aromatic N) is 4. The molecule has 0 radical (unpaired) electrons. The molecule has 1 aromatic carbocycles. The number of aromatic nitrogens is 4. The first-order valence-corrected chi connectivity index (χ1v) is 8.34. The van der Waals surface area contributed by atoms with Crippen molar-refractivity contribution in [1.82, 2.24) is 25.3 Å². The van der Waals surface area contributed by atoms with Gasteiger partial charge in [0.25, 0.3) is 5.91 Å². The Hall–Kier alpha value is -3.07. The van der Waals surface area contributed by atoms with Gasteiger partial charge in [0.1, 0.15) is 17.8 Å². The van der Waals surface area contributed by atoms with E-state index in [4.69, 9.17) is 4.42 Å². The number of amides is 1. The Labute approximate surface area is 148 Å². The minimum atomic E-state index is -0.488. The van der Waals surface area contributed by atoms with E-state index in [0.717, 1.165) is 19.4 Å². The quantitative estimate of drug-likeness (QED) is 0.726. The van der Waals surface area contributed by atoms with E-state index in [0.29, 0.717) is 23.8 Å². The lowest BCUT2D eigenvalue weighted by Gasteiger charge is -2.08. The maximum Gasteiger partial charge on any atom is 0.302 e. The number of carbonyl (C=O) groups is 1. The second-order valence-corrected chi connectivity index (χ2v) is 6.09. The molecule has 0 bridgehead atoms. The summed E-state index contributed by atoms with van der Waals surface area (Å²) in [7, 11) is 0. The van der Waals surface area contributed by atoms with E-state index in [-0.39, 0.29) is 11.7 Å². The highest BCUT2D eigenvalue weighted by atomic mass is 19.1. The van der Waals surface area contributed by atoms with Gasteiger partial charge in [-0.2, -0.15) is 4.98 Å². The van der Waals surface area contributed by atoms with E-state index in [1.807, 2.05) is 0 Å². The van der Waals surface area contributed by atoms with Crippen LogP contribution in [0.15, 0.2) is 41.1 Å². The lowest BCUT2D eigenvalue weighted by molar-refractivity contribution is 0.101. The number of halogens is 1. The van der Waals surface area contributed by atoms with Gasteiger partial charge in [-0.15, -0.1) is 5.10 Å². The molecule has 1 atom stereocenters. The molecule has 4 rings (SSSR count). The van der Waals surface area contributed by atoms with E-state index < -0.39 is 11.7 Å². The third kappa shape index (κ3) is 3.47. The fourth-order valence-electron chi connectivity index (χ4n) is 2.91. The average Bonchev–Trinajstić information content (AvgIpc) is 3.38. The van der Waals surface area contributed by atoms with E-state index in [9.17, 15) is 9.18 Å². The highest BCUT2D eigenvalue weighted by Crippen LogP contribution is 2.23. The van der Waals surface area contributed by atoms with Crippen LogP contribution >= 0.6 is 0 Å². The average molecular weight is 356 g/mol. The summed E-state index contributed by atoms with van der Waals surface area (Å²) in [6.07, 6.45) is 5.09. The van der Waals surface area contributed by atoms with E-state index in [1.165, 1.54) is 12.3 Å². The summed E-state index contributed by atoms with van der Waals surface area (Å²) in [5.74, 6) is -0.903. The Morgan fingerprint density at radius 3 is 3.12 bits per heavy atom. The van der Waals surface area contributed by atoms with Gasteiger partial charge in [-0.05, 0) is 31.5 Å². The first-order valence-electron chi connectivity index (χ1n) is 8.34. The minimum absolute atomic E-state index is 0.0275. The van der Waals surface area contributed by atoms with Crippen LogP contribution in [0.1, 0.15) is 23.3 Å². The normalized spacial score (nSPS) is 16.7. The Morgan fingerprint density at radius 1 is 1.42 bits per heavy atom. The molecule has 0 spiro atoms. The van der Waals surface area contributed by atoms with Gasteiger partial charge >= 0.3 is 6.01 Å². The van der Waals surface area contributed by atoms with Crippen molar-refractivity contribution in [2.75, 3.05) is 11.9 Å². The van der Waals surface area contributed by atoms with Crippen LogP contribution in [0.25, 0.3) is 11.3 Å². The third-order valence-corrected chi connectivity index (χ3v) is 4.22. The molecule has 2 aromatic heterocycles. The van der Waals surface area contributed by atoms with Crippen LogP contribution in [0.5, 0.6) is 0 Å². The fourth-order valence-corrected chi connectivity index (χ4v) is 2.91. The van der Waals surface area contributed by atoms with Gasteiger partial charge < -0.3 is 9.73 Å². The molecule has 9 heteroatoms. The predicted molar refractivity (Wildman–Crippen MR) is 90.9 cm³/mol. The van der Waals surface area contributed by atoms with Crippen molar-refractivity contribution >= 4 is 11.9 Å². The lowest BCUT2D eigenvalue weighted by Crippen LogP contribution is -2.26. The maximum atomic E-state index is 13.8. The zero-order valence-corrected chi connectivity index (χ0v) is 13.9. The molecule has 8 nitrogen and oxygen atoms in total. The van der Waals surface area contributed by atoms with Gasteiger partial charge in [0.15, 0.2) is 5.69 Å². The molecule has 134 valence electrons. The van der Waals surface area contributed by atoms with Gasteiger partial charge in [0.2, 0.25) is 0 Å². The molecule has 1 fully saturated rings. The second-order valence-electron chi connectivity index (χ2n) is 6.09. The SMILES string of the molecule is O=C(Nc1nc(-c2ccccc2F)co1)c1cn(CC2CCCN2)nn1. The van der Waals surface area contributed by atoms with E-state index in [2.05, 4.69) is 25.9 Å². The van der Waals surface area contributed by atoms with Gasteiger partial charge in [-0.1, -0.05) is 17.3 Å². The molecule has 3 aromatic rings. The minimum Gasteiger partial charge on any atom is -0.431 e. The van der Waals surface area contributed by atoms with E-state index >= 15 is 0 Å². The van der Waals surface area contributed by atoms with E-state index in [1.54, 1.807) is 29.1 Å². The molecule has 0 saturated carbocycles. The van der Waals surface area contributed by atoms with Crippen LogP contribution in [0, 0.1) is 5.82 Å². The molecular formula is C17H17FN6O2. The molecule has 3 heterocycles. The maximum absolute atomic E-state index is 13.8. The zero-order valence-electron chi connectivity index (χ0n) is 13.9. The Balaban J connectivity index is 1.42. The van der Waals surface area contributed by atoms with Gasteiger partial charge in [-0.25, -0.2) is 4.39 Å². The van der Waals surface area contributed by atoms with Crippen molar-refractivity contribution in [3.05, 3.63) is 48.2 Å². The van der Waals surface area contributed by atoms with Crippen LogP contribution in [-0.4, -0.2) is 38.5 Å². The lowest BCUT2D eigenvalue weighted by atomic mass is 10.1. The number of hydrogen-bond donors (Lipinski definition) is 2. The Morgan fingerprint density at radius 2 is 2.31 bits per heavy atom. The van der Waals surface area contributed by atoms with Crippen molar-refractivity contribution in [3.63, 3.8) is 0 Å². The van der Waals surface area contributed by atoms with Crippen molar-refractivity contribution in [2.45, 2.75) is 25.4 Å². The summed E-state index contributed by atoms with van der Waals surface area (Å²) in [6, 6.07) is 6.53. The molecular weight excluding hydrogens is 339 g/mol. The summed E-state index contributed by atoms with van der Waals surface area (Å²) >= 11 is 0. The number of nitrogens with one attached hydrogen (secondary N) is 2. The van der Waals surface area contributed by atoms with Crippen molar-refractivity contribution in [3.8, 4) is 11.3 Å². The summed E-state index contributed by atoms with van der Waals surface area (Å²) in [6.45, 7) is 1.66. The number of hydrogen-bond acceptors (Lipinski definition) is 6. The van der Waals surface area contributed by atoms with Crippen molar-refractivity contribution in [2.24, 2.45) is 0 Å². The first-order chi connectivity index (χ1) is 12.7. The second kappa shape index (κ2) is 7.04. The van der Waals surface area contributed by atoms with Gasteiger partial charge in [-0.3, -0.25) is 14.8 Å². The Bertz CT molecular complexity index is 915. The third-order valence-electron chi connectivity index (χ3n) is 4.22. The predicted octanol–water partition coefficient (Wildman–Crippen LogP) is 2.08. The highest BCUT2D eigenvalue weighted by Gasteiger charge is 2.18. The molecule has 0 aliphatic carbocycles. The van der Waals surface area contributed by atoms with Crippen LogP contribution in [0.2, 0.25) is 0 Å². The monoisotopic (exact) mass is 356 g/mol. The number of oxazole rings is 1. The van der Waals surface area contributed by atoms with Crippen LogP contribution in [0.3, 0.4) is 0 Å². The molecule has 1 saturated heterocycles. The number of benzene rings is 1. The van der Waals surface area contributed by atoms with Crippen molar-refractivity contribution in [1.29, 1.82) is 0 Å². The van der Waals surface area contributed by atoms with Crippen LogP contribution in [0.4, 0.5) is 10.4 Å². The summed E-state index contributed by atoms with van der Waals surface area (Å²) in [5.41, 5.74) is 0.759. The molecule has 1 unspecified atom stereocenters. The summed E-state index contributed by atoms with van der Waals surface area (Å²) in [4.78, 5) is 16.4. The Kier molecular flexibility index (Phi) is 4.44. The molecule has 26 heavy (non-hydrogen) atoms. The summed E-state index contributed by atoms with van der Waals surface area (Å²) in [5, 5.41) is 13.7. The van der Waals surface area contributed by atoms with Gasteiger partial charge in [0.05, 0.1) is 12.7 Å². The standard InChI is InChI=1S/C17H17FN6O2/c18-13-6-2-1-5-12(13)15-10-26-17(20-15)21-16(25)14-9-24(23-22-14)8-11-4-3-7-19-11/h1-2,5-6,9-11,19H,3-4,7-8H2,(H,20,21,25). The number of anilines is 1. The van der Waals surface area contributed by atoms with Crippen LogP contribution < -0.4 is 10.6 Å². The number of carbonyl (C=O) groups excluding carboxylic acids is 1. The zero-order chi connectivity index (χ0) is 17.9. The molecule has 2 N–H and O–H groups in total. The van der Waals surface area contributed by atoms with Gasteiger partial charge in [0, 0.05) is 11.6 Å². The first kappa shape index (κ1) is 16.4. The molecule has 1 amide bonds. The van der Waals surface area contributed by atoms with Crippen molar-refractivity contribution < 1.29 is 13.6 Å². The molecule has 1 aliphatic heterocycles. The topological polar surface area (TPSA) is 97.9 Å². The largest absolute Gasteiger partial charge is 0.431 e. The fraction of sp³-hybridized carbons (Fsp3) is 0.294. The van der Waals surface area contributed by atoms with Crippen LogP contribution in [-0.2, 0) is 6.54 Å². The smallest absolute Gasteiger partial charge is 0.302 e. The highest BCUT2D eigenvalue weighted by molar-refractivity contribution is 6.01. The molecule has 1 aliphatic rings. The summed E-state index contributed by atoms with van der Waals surface area (Å²) < 4.78 is 20.6. The number of rotatable bonds is 5.